The van der Waals surface area contributed by atoms with Gasteiger partial charge >= 0.3 is 5.97 Å². The molecule has 78 valence electrons. The molecule has 0 rings (SSSR count). The molecule has 0 spiro atoms. The van der Waals surface area contributed by atoms with Crippen LogP contribution in [0.3, 0.4) is 0 Å². The second-order valence-electron chi connectivity index (χ2n) is 3.07. The van der Waals surface area contributed by atoms with Crippen LogP contribution in [0.2, 0.25) is 0 Å². The largest absolute Gasteiger partial charge is 0.480 e. The summed E-state index contributed by atoms with van der Waals surface area (Å²) < 4.78 is 0. The Labute approximate surface area is 79.7 Å². The maximum Gasteiger partial charge on any atom is 0.322 e. The molecule has 0 aromatic carbocycles. The fourth-order valence-electron chi connectivity index (χ4n) is 1.30. The lowest BCUT2D eigenvalue weighted by Gasteiger charge is -2.26. The summed E-state index contributed by atoms with van der Waals surface area (Å²) in [5, 5.41) is 8.85. The van der Waals surface area contributed by atoms with Crippen molar-refractivity contribution in [2.75, 3.05) is 19.6 Å². The average Bonchev–Trinajstić information content (AvgIpc) is 2.11. The Kier molecular flexibility index (Phi) is 6.54. The quantitative estimate of drug-likeness (QED) is 0.611. The molecule has 3 N–H and O–H groups in total. The molecule has 0 heterocycles. The third kappa shape index (κ3) is 4.24. The van der Waals surface area contributed by atoms with E-state index in [1.165, 1.54) is 0 Å². The van der Waals surface area contributed by atoms with Crippen LogP contribution in [0.4, 0.5) is 0 Å². The number of rotatable bonds is 7. The van der Waals surface area contributed by atoms with Crippen LogP contribution in [-0.4, -0.2) is 41.7 Å². The number of nitrogens with zero attached hydrogens (tertiary/aromatic N) is 1. The van der Waals surface area contributed by atoms with Crippen LogP contribution in [0.15, 0.2) is 0 Å². The summed E-state index contributed by atoms with van der Waals surface area (Å²) in [7, 11) is 0. The molecule has 0 aliphatic rings. The van der Waals surface area contributed by atoms with E-state index in [0.29, 0.717) is 0 Å². The molecule has 1 unspecified atom stereocenters. The van der Waals surface area contributed by atoms with Gasteiger partial charge in [-0.1, -0.05) is 20.3 Å². The number of aliphatic carboxylic acids is 1. The fourth-order valence-corrected chi connectivity index (χ4v) is 1.30. The predicted molar refractivity (Wildman–Crippen MR) is 52.6 cm³/mol. The highest BCUT2D eigenvalue weighted by Gasteiger charge is 2.21. The van der Waals surface area contributed by atoms with E-state index in [1.54, 1.807) is 0 Å². The van der Waals surface area contributed by atoms with E-state index in [9.17, 15) is 4.79 Å². The molecule has 0 saturated heterocycles. The van der Waals surface area contributed by atoms with E-state index in [4.69, 9.17) is 10.8 Å². The minimum absolute atomic E-state index is 0.187. The SMILES string of the molecule is CCCCN(CC)C(CN)C(=O)O. The summed E-state index contributed by atoms with van der Waals surface area (Å²) in [5.74, 6) is -0.819. The van der Waals surface area contributed by atoms with Gasteiger partial charge in [-0.3, -0.25) is 9.69 Å². The van der Waals surface area contributed by atoms with Crippen LogP contribution in [0, 0.1) is 0 Å². The molecule has 0 aliphatic carbocycles. The molecule has 4 heteroatoms. The molecular formula is C9H20N2O2. The predicted octanol–water partition coefficient (Wildman–Crippen LogP) is 0.520. The van der Waals surface area contributed by atoms with Crippen molar-refractivity contribution in [1.82, 2.24) is 4.90 Å². The zero-order valence-electron chi connectivity index (χ0n) is 8.49. The first-order valence-electron chi connectivity index (χ1n) is 4.84. The highest BCUT2D eigenvalue weighted by Crippen LogP contribution is 2.01. The highest BCUT2D eigenvalue weighted by atomic mass is 16.4. The van der Waals surface area contributed by atoms with Gasteiger partial charge in [-0.2, -0.15) is 0 Å². The number of hydrogen-bond donors (Lipinski definition) is 2. The van der Waals surface area contributed by atoms with Gasteiger partial charge in [0.15, 0.2) is 0 Å². The van der Waals surface area contributed by atoms with Gasteiger partial charge in [0, 0.05) is 6.54 Å². The zero-order chi connectivity index (χ0) is 10.3. The van der Waals surface area contributed by atoms with Gasteiger partial charge in [0.2, 0.25) is 0 Å². The molecule has 0 amide bonds. The smallest absolute Gasteiger partial charge is 0.322 e. The fraction of sp³-hybridized carbons (Fsp3) is 0.889. The molecule has 0 aromatic rings. The summed E-state index contributed by atoms with van der Waals surface area (Å²) in [6.07, 6.45) is 2.10. The van der Waals surface area contributed by atoms with Gasteiger partial charge < -0.3 is 10.8 Å². The average molecular weight is 188 g/mol. The number of carbonyl (C=O) groups is 1. The second kappa shape index (κ2) is 6.86. The van der Waals surface area contributed by atoms with Crippen molar-refractivity contribution in [2.45, 2.75) is 32.7 Å². The first-order valence-corrected chi connectivity index (χ1v) is 4.84. The molecular weight excluding hydrogens is 168 g/mol. The zero-order valence-corrected chi connectivity index (χ0v) is 8.49. The van der Waals surface area contributed by atoms with Crippen LogP contribution in [0.1, 0.15) is 26.7 Å². The molecule has 0 bridgehead atoms. The summed E-state index contributed by atoms with van der Waals surface area (Å²) in [6.45, 7) is 5.80. The molecule has 4 nitrogen and oxygen atoms in total. The van der Waals surface area contributed by atoms with Crippen LogP contribution < -0.4 is 5.73 Å². The van der Waals surface area contributed by atoms with Crippen molar-refractivity contribution in [1.29, 1.82) is 0 Å². The third-order valence-corrected chi connectivity index (χ3v) is 2.15. The van der Waals surface area contributed by atoms with Crippen molar-refractivity contribution < 1.29 is 9.90 Å². The van der Waals surface area contributed by atoms with Gasteiger partial charge in [-0.15, -0.1) is 0 Å². The topological polar surface area (TPSA) is 66.6 Å². The maximum atomic E-state index is 10.8. The monoisotopic (exact) mass is 188 g/mol. The van der Waals surface area contributed by atoms with Gasteiger partial charge in [0.05, 0.1) is 0 Å². The van der Waals surface area contributed by atoms with Crippen LogP contribution >= 0.6 is 0 Å². The number of nitrogens with two attached hydrogens (primary N) is 1. The molecule has 0 fully saturated rings. The summed E-state index contributed by atoms with van der Waals surface area (Å²) in [4.78, 5) is 12.7. The molecule has 13 heavy (non-hydrogen) atoms. The minimum Gasteiger partial charge on any atom is -0.480 e. The molecule has 1 atom stereocenters. The second-order valence-corrected chi connectivity index (χ2v) is 3.07. The van der Waals surface area contributed by atoms with Gasteiger partial charge in [0.25, 0.3) is 0 Å². The number of hydrogen-bond acceptors (Lipinski definition) is 3. The van der Waals surface area contributed by atoms with Crippen molar-refractivity contribution in [2.24, 2.45) is 5.73 Å². The van der Waals surface area contributed by atoms with Crippen LogP contribution in [-0.2, 0) is 4.79 Å². The third-order valence-electron chi connectivity index (χ3n) is 2.15. The van der Waals surface area contributed by atoms with Gasteiger partial charge in [-0.25, -0.2) is 0 Å². The molecule has 0 aromatic heterocycles. The normalized spacial score (nSPS) is 13.2. The van der Waals surface area contributed by atoms with Crippen molar-refractivity contribution >= 4 is 5.97 Å². The summed E-state index contributed by atoms with van der Waals surface area (Å²) in [5.41, 5.74) is 5.40. The Morgan fingerprint density at radius 3 is 2.46 bits per heavy atom. The number of carboxylic acid groups (broad SMARTS) is 1. The maximum absolute atomic E-state index is 10.8. The number of unbranched alkanes of at least 4 members (excludes halogenated alkanes) is 1. The Morgan fingerprint density at radius 2 is 2.15 bits per heavy atom. The van der Waals surface area contributed by atoms with Crippen molar-refractivity contribution in [3.63, 3.8) is 0 Å². The first-order chi connectivity index (χ1) is 6.17. The van der Waals surface area contributed by atoms with Gasteiger partial charge in [-0.05, 0) is 19.5 Å². The van der Waals surface area contributed by atoms with Crippen molar-refractivity contribution in [3.05, 3.63) is 0 Å². The van der Waals surface area contributed by atoms with Crippen molar-refractivity contribution in [3.8, 4) is 0 Å². The standard InChI is InChI=1S/C9H20N2O2/c1-3-5-6-11(4-2)8(7-10)9(12)13/h8H,3-7,10H2,1-2H3,(H,12,13). The number of likely N-dealkylation sites (N-methyl/N-ethyl adjacent to an activating group) is 1. The Bertz CT molecular complexity index is 151. The summed E-state index contributed by atoms with van der Waals surface area (Å²) >= 11 is 0. The Hall–Kier alpha value is -0.610. The first kappa shape index (κ1) is 12.4. The Morgan fingerprint density at radius 1 is 1.54 bits per heavy atom. The van der Waals surface area contributed by atoms with Crippen LogP contribution in [0.25, 0.3) is 0 Å². The van der Waals surface area contributed by atoms with E-state index >= 15 is 0 Å². The summed E-state index contributed by atoms with van der Waals surface area (Å²) in [6, 6.07) is -0.517. The Balaban J connectivity index is 4.08. The lowest BCUT2D eigenvalue weighted by atomic mass is 10.2. The van der Waals surface area contributed by atoms with E-state index in [1.807, 2.05) is 11.8 Å². The van der Waals surface area contributed by atoms with E-state index < -0.39 is 12.0 Å². The molecule has 0 aliphatic heterocycles. The lowest BCUT2D eigenvalue weighted by molar-refractivity contribution is -0.142. The molecule has 0 radical (unpaired) electrons. The van der Waals surface area contributed by atoms with Gasteiger partial charge in [0.1, 0.15) is 6.04 Å². The minimum atomic E-state index is -0.819. The van der Waals surface area contributed by atoms with Crippen LogP contribution in [0.5, 0.6) is 0 Å². The van der Waals surface area contributed by atoms with E-state index in [0.717, 1.165) is 25.9 Å². The lowest BCUT2D eigenvalue weighted by Crippen LogP contribution is -2.46. The molecule has 0 saturated carbocycles. The number of carboxylic acids is 1. The van der Waals surface area contributed by atoms with E-state index in [2.05, 4.69) is 6.92 Å². The van der Waals surface area contributed by atoms with E-state index in [-0.39, 0.29) is 6.54 Å². The highest BCUT2D eigenvalue weighted by molar-refractivity contribution is 5.73.